The molecule has 2 unspecified atom stereocenters. The summed E-state index contributed by atoms with van der Waals surface area (Å²) in [6, 6.07) is 0.981. The number of likely N-dealkylation sites (tertiary alicyclic amines) is 1. The summed E-state index contributed by atoms with van der Waals surface area (Å²) in [7, 11) is 1.75. The molecule has 1 amide bonds. The summed E-state index contributed by atoms with van der Waals surface area (Å²) >= 11 is 0. The van der Waals surface area contributed by atoms with Crippen LogP contribution in [-0.4, -0.2) is 49.2 Å². The van der Waals surface area contributed by atoms with Gasteiger partial charge in [-0.2, -0.15) is 31.4 Å². The van der Waals surface area contributed by atoms with Crippen LogP contribution in [-0.2, 0) is 30.7 Å². The molecular weight excluding hydrogens is 514 g/mol. The Hall–Kier alpha value is -3.64. The molecule has 0 radical (unpaired) electrons. The zero-order chi connectivity index (χ0) is 27.8. The first kappa shape index (κ1) is 27.4. The number of halogens is 6. The van der Waals surface area contributed by atoms with E-state index in [1.54, 1.807) is 33.9 Å². The molecule has 2 atom stereocenters. The van der Waals surface area contributed by atoms with Gasteiger partial charge in [0.15, 0.2) is 0 Å². The minimum Gasteiger partial charge on any atom is -0.338 e. The third-order valence-corrected chi connectivity index (χ3v) is 6.64. The molecule has 4 rings (SSSR count). The number of hydrogen-bond donors (Lipinski definition) is 0. The second-order valence-electron chi connectivity index (χ2n) is 9.34. The van der Waals surface area contributed by atoms with E-state index in [0.717, 1.165) is 5.56 Å². The van der Waals surface area contributed by atoms with E-state index in [-0.39, 0.29) is 42.6 Å². The number of carbonyl (C=O) groups excluding carboxylic acids is 1. The lowest BCUT2D eigenvalue weighted by Crippen LogP contribution is -2.39. The van der Waals surface area contributed by atoms with Crippen LogP contribution in [0, 0.1) is 0 Å². The molecule has 3 aromatic rings. The van der Waals surface area contributed by atoms with Gasteiger partial charge >= 0.3 is 12.4 Å². The molecule has 38 heavy (non-hydrogen) atoms. The summed E-state index contributed by atoms with van der Waals surface area (Å²) in [6.45, 7) is 3.27. The quantitative estimate of drug-likeness (QED) is 0.396. The van der Waals surface area contributed by atoms with Crippen molar-refractivity contribution in [1.29, 1.82) is 0 Å². The molecule has 1 aliphatic heterocycles. The Balaban J connectivity index is 1.74. The first-order valence-corrected chi connectivity index (χ1v) is 11.9. The minimum atomic E-state index is -4.96. The Morgan fingerprint density at radius 1 is 1.00 bits per heavy atom. The number of hydrogen-bond acceptors (Lipinski definition) is 5. The lowest BCUT2D eigenvalue weighted by atomic mass is 10.0. The van der Waals surface area contributed by atoms with Crippen LogP contribution < -0.4 is 4.90 Å². The summed E-state index contributed by atoms with van der Waals surface area (Å²) in [5, 5.41) is 4.10. The third-order valence-electron chi connectivity index (χ3n) is 6.64. The maximum absolute atomic E-state index is 13.5. The molecule has 3 heterocycles. The number of rotatable bonds is 6. The van der Waals surface area contributed by atoms with Crippen molar-refractivity contribution in [2.75, 3.05) is 11.4 Å². The van der Waals surface area contributed by atoms with E-state index in [4.69, 9.17) is 0 Å². The first-order valence-electron chi connectivity index (χ1n) is 11.9. The van der Waals surface area contributed by atoms with Gasteiger partial charge in [-0.05, 0) is 36.6 Å². The van der Waals surface area contributed by atoms with Gasteiger partial charge in [0.2, 0.25) is 11.9 Å². The maximum atomic E-state index is 13.5. The number of anilines is 1. The van der Waals surface area contributed by atoms with E-state index in [0.29, 0.717) is 30.5 Å². The van der Waals surface area contributed by atoms with Gasteiger partial charge in [-0.1, -0.05) is 6.92 Å². The number of alkyl halides is 6. The van der Waals surface area contributed by atoms with Gasteiger partial charge < -0.3 is 9.80 Å². The highest BCUT2D eigenvalue weighted by atomic mass is 19.4. The molecule has 204 valence electrons. The molecule has 0 saturated carbocycles. The summed E-state index contributed by atoms with van der Waals surface area (Å²) in [5.74, 6) is -0.0283. The second kappa shape index (κ2) is 10.3. The lowest BCUT2D eigenvalue weighted by Gasteiger charge is -2.29. The monoisotopic (exact) mass is 540 g/mol. The molecule has 1 aliphatic rings. The van der Waals surface area contributed by atoms with Gasteiger partial charge in [0, 0.05) is 62.8 Å². The lowest BCUT2D eigenvalue weighted by molar-refractivity contribution is -0.143. The van der Waals surface area contributed by atoms with Crippen LogP contribution in [0.15, 0.2) is 43.0 Å². The molecule has 0 spiro atoms. The number of benzene rings is 1. The highest BCUT2D eigenvalue weighted by Gasteiger charge is 2.39. The van der Waals surface area contributed by atoms with Gasteiger partial charge in [-0.15, -0.1) is 0 Å². The Kier molecular flexibility index (Phi) is 7.39. The predicted molar refractivity (Wildman–Crippen MR) is 127 cm³/mol. The summed E-state index contributed by atoms with van der Waals surface area (Å²) < 4.78 is 82.5. The molecular formula is C25H26F6N6O. The van der Waals surface area contributed by atoms with Crippen molar-refractivity contribution in [2.24, 2.45) is 7.05 Å². The zero-order valence-electron chi connectivity index (χ0n) is 20.9. The number of aromatic nitrogens is 4. The third kappa shape index (κ3) is 5.91. The molecule has 7 nitrogen and oxygen atoms in total. The van der Waals surface area contributed by atoms with Gasteiger partial charge in [0.05, 0.1) is 23.4 Å². The van der Waals surface area contributed by atoms with Crippen LogP contribution in [0.1, 0.15) is 43.4 Å². The summed E-state index contributed by atoms with van der Waals surface area (Å²) in [5.41, 5.74) is -1.59. The van der Waals surface area contributed by atoms with Gasteiger partial charge in [0.1, 0.15) is 0 Å². The van der Waals surface area contributed by atoms with Crippen LogP contribution in [0.4, 0.5) is 32.3 Å². The fourth-order valence-corrected chi connectivity index (χ4v) is 4.75. The normalized spacial score (nSPS) is 18.2. The van der Waals surface area contributed by atoms with Crippen molar-refractivity contribution in [3.63, 3.8) is 0 Å². The molecule has 13 heteroatoms. The Labute approximate surface area is 215 Å². The smallest absolute Gasteiger partial charge is 0.338 e. The fourth-order valence-electron chi connectivity index (χ4n) is 4.75. The van der Waals surface area contributed by atoms with Gasteiger partial charge in [0.25, 0.3) is 0 Å². The van der Waals surface area contributed by atoms with Crippen molar-refractivity contribution in [3.05, 3.63) is 59.7 Å². The van der Waals surface area contributed by atoms with Crippen LogP contribution >= 0.6 is 0 Å². The SMILES string of the molecule is CCC1CC(N(Cc2cc(C(F)(F)F)cc(C(F)(F)F)c2)c2ncc(-c3cnn(C)c3)cn2)CN1C(C)=O. The first-order chi connectivity index (χ1) is 17.8. The van der Waals surface area contributed by atoms with E-state index < -0.39 is 29.5 Å². The Morgan fingerprint density at radius 3 is 2.05 bits per heavy atom. The highest BCUT2D eigenvalue weighted by molar-refractivity contribution is 5.74. The average Bonchev–Trinajstić information content (AvgIpc) is 3.48. The summed E-state index contributed by atoms with van der Waals surface area (Å²) in [6.07, 6.45) is -2.40. The average molecular weight is 541 g/mol. The molecule has 1 aromatic carbocycles. The molecule has 0 bridgehead atoms. The molecule has 0 aliphatic carbocycles. The predicted octanol–water partition coefficient (Wildman–Crippen LogP) is 5.32. The minimum absolute atomic E-state index is 0.104. The highest BCUT2D eigenvalue weighted by Crippen LogP contribution is 2.37. The van der Waals surface area contributed by atoms with Crippen molar-refractivity contribution in [1.82, 2.24) is 24.6 Å². The van der Waals surface area contributed by atoms with Crippen LogP contribution in [0.2, 0.25) is 0 Å². The number of aryl methyl sites for hydroxylation is 1. The number of amides is 1. The maximum Gasteiger partial charge on any atom is 0.416 e. The van der Waals surface area contributed by atoms with Crippen LogP contribution in [0.25, 0.3) is 11.1 Å². The number of nitrogens with zero attached hydrogens (tertiary/aromatic N) is 6. The van der Waals surface area contributed by atoms with Crippen molar-refractivity contribution < 1.29 is 31.1 Å². The molecule has 2 aromatic heterocycles. The van der Waals surface area contributed by atoms with Crippen molar-refractivity contribution in [2.45, 2.75) is 57.7 Å². The Bertz CT molecular complexity index is 1250. The van der Waals surface area contributed by atoms with E-state index in [2.05, 4.69) is 15.1 Å². The van der Waals surface area contributed by atoms with E-state index in [9.17, 15) is 31.1 Å². The van der Waals surface area contributed by atoms with Crippen molar-refractivity contribution in [3.8, 4) is 11.1 Å². The Morgan fingerprint density at radius 2 is 1.61 bits per heavy atom. The fraction of sp³-hybridized carbons (Fsp3) is 0.440. The molecule has 0 N–H and O–H groups in total. The number of carbonyl (C=O) groups is 1. The van der Waals surface area contributed by atoms with E-state index in [1.807, 2.05) is 6.92 Å². The summed E-state index contributed by atoms with van der Waals surface area (Å²) in [4.78, 5) is 24.2. The standard InChI is InChI=1S/C25H26F6N6O/c1-4-21-8-22(14-36(21)15(2)38)37(23-32-9-17(10-33-23)18-11-34-35(3)13-18)12-16-5-19(24(26,27)28)7-20(6-16)25(29,30)31/h5-7,9-11,13,21-22H,4,8,12,14H2,1-3H3. The van der Waals surface area contributed by atoms with Crippen molar-refractivity contribution >= 4 is 11.9 Å². The van der Waals surface area contributed by atoms with E-state index >= 15 is 0 Å². The van der Waals surface area contributed by atoms with Gasteiger partial charge in [-0.25, -0.2) is 9.97 Å². The topological polar surface area (TPSA) is 67.2 Å². The van der Waals surface area contributed by atoms with Crippen LogP contribution in [0.5, 0.6) is 0 Å². The molecule has 1 fully saturated rings. The zero-order valence-corrected chi connectivity index (χ0v) is 20.9. The van der Waals surface area contributed by atoms with Gasteiger partial charge in [-0.3, -0.25) is 9.48 Å². The largest absolute Gasteiger partial charge is 0.416 e. The molecule has 1 saturated heterocycles. The van der Waals surface area contributed by atoms with E-state index in [1.165, 1.54) is 19.3 Å². The second-order valence-corrected chi connectivity index (χ2v) is 9.34. The van der Waals surface area contributed by atoms with Crippen LogP contribution in [0.3, 0.4) is 0 Å².